The Hall–Kier alpha value is -1.63. The fraction of sp³-hybridized carbons (Fsp3) is 0.286. The molecule has 0 aliphatic rings. The SMILES string of the molecule is COc1ccc2ccccc2c1CNCCS(N)(=O)=O. The molecule has 0 heterocycles. The van der Waals surface area contributed by atoms with Crippen LogP contribution in [-0.2, 0) is 16.6 Å². The Kier molecular flexibility index (Phi) is 4.59. The minimum absolute atomic E-state index is 0.0833. The highest BCUT2D eigenvalue weighted by atomic mass is 32.2. The Morgan fingerprint density at radius 2 is 1.95 bits per heavy atom. The van der Waals surface area contributed by atoms with Gasteiger partial charge in [0.15, 0.2) is 0 Å². The minimum Gasteiger partial charge on any atom is -0.496 e. The van der Waals surface area contributed by atoms with E-state index in [2.05, 4.69) is 5.32 Å². The highest BCUT2D eigenvalue weighted by molar-refractivity contribution is 7.89. The van der Waals surface area contributed by atoms with Gasteiger partial charge in [-0.05, 0) is 16.8 Å². The first-order chi connectivity index (χ1) is 9.51. The van der Waals surface area contributed by atoms with Gasteiger partial charge in [-0.25, -0.2) is 13.6 Å². The molecule has 108 valence electrons. The molecule has 2 aromatic rings. The van der Waals surface area contributed by atoms with E-state index in [1.54, 1.807) is 7.11 Å². The average Bonchev–Trinajstić information content (AvgIpc) is 2.42. The van der Waals surface area contributed by atoms with Gasteiger partial charge < -0.3 is 10.1 Å². The number of benzene rings is 2. The largest absolute Gasteiger partial charge is 0.496 e. The Balaban J connectivity index is 2.19. The van der Waals surface area contributed by atoms with Crippen molar-refractivity contribution in [2.75, 3.05) is 19.4 Å². The third-order valence-electron chi connectivity index (χ3n) is 3.08. The van der Waals surface area contributed by atoms with Gasteiger partial charge in [0.25, 0.3) is 0 Å². The van der Waals surface area contributed by atoms with Gasteiger partial charge >= 0.3 is 0 Å². The summed E-state index contributed by atoms with van der Waals surface area (Å²) < 4.78 is 27.2. The summed E-state index contributed by atoms with van der Waals surface area (Å²) in [5, 5.41) is 10.3. The van der Waals surface area contributed by atoms with Crippen molar-refractivity contribution in [2.24, 2.45) is 5.14 Å². The average molecular weight is 294 g/mol. The van der Waals surface area contributed by atoms with Crippen LogP contribution >= 0.6 is 0 Å². The minimum atomic E-state index is -3.43. The summed E-state index contributed by atoms with van der Waals surface area (Å²) in [6, 6.07) is 11.9. The lowest BCUT2D eigenvalue weighted by Crippen LogP contribution is -2.27. The number of primary sulfonamides is 1. The molecule has 0 unspecified atom stereocenters. The number of methoxy groups -OCH3 is 1. The molecule has 0 spiro atoms. The van der Waals surface area contributed by atoms with Gasteiger partial charge in [0.05, 0.1) is 12.9 Å². The van der Waals surface area contributed by atoms with Crippen LogP contribution < -0.4 is 15.2 Å². The summed E-state index contributed by atoms with van der Waals surface area (Å²) in [7, 11) is -1.81. The van der Waals surface area contributed by atoms with Crippen LogP contribution in [0.2, 0.25) is 0 Å². The lowest BCUT2D eigenvalue weighted by molar-refractivity contribution is 0.409. The van der Waals surface area contributed by atoms with Crippen molar-refractivity contribution in [2.45, 2.75) is 6.54 Å². The van der Waals surface area contributed by atoms with E-state index in [0.717, 1.165) is 22.1 Å². The molecule has 0 saturated carbocycles. The number of rotatable bonds is 6. The van der Waals surface area contributed by atoms with Gasteiger partial charge in [0.1, 0.15) is 5.75 Å². The van der Waals surface area contributed by atoms with Crippen molar-refractivity contribution in [1.82, 2.24) is 5.32 Å². The molecule has 0 atom stereocenters. The zero-order valence-corrected chi connectivity index (χ0v) is 12.1. The van der Waals surface area contributed by atoms with Gasteiger partial charge in [-0.3, -0.25) is 0 Å². The maximum Gasteiger partial charge on any atom is 0.210 e. The van der Waals surface area contributed by atoms with Gasteiger partial charge in [0, 0.05) is 18.7 Å². The van der Waals surface area contributed by atoms with Crippen LogP contribution in [0.5, 0.6) is 5.75 Å². The molecule has 0 aliphatic carbocycles. The Morgan fingerprint density at radius 1 is 1.20 bits per heavy atom. The molecule has 0 amide bonds. The summed E-state index contributed by atoms with van der Waals surface area (Å²) in [5.74, 6) is 0.701. The van der Waals surface area contributed by atoms with Crippen LogP contribution in [0.4, 0.5) is 0 Å². The quantitative estimate of drug-likeness (QED) is 0.785. The number of nitrogens with two attached hydrogens (primary N) is 1. The van der Waals surface area contributed by atoms with E-state index in [1.165, 1.54) is 0 Å². The first-order valence-corrected chi connectivity index (χ1v) is 7.98. The number of nitrogens with one attached hydrogen (secondary N) is 1. The van der Waals surface area contributed by atoms with E-state index in [-0.39, 0.29) is 5.75 Å². The Morgan fingerprint density at radius 3 is 2.65 bits per heavy atom. The molecule has 2 aromatic carbocycles. The third-order valence-corrected chi connectivity index (χ3v) is 3.86. The van der Waals surface area contributed by atoms with Gasteiger partial charge in [0.2, 0.25) is 10.0 Å². The van der Waals surface area contributed by atoms with E-state index >= 15 is 0 Å². The molecule has 5 nitrogen and oxygen atoms in total. The molecule has 6 heteroatoms. The Labute approximate surface area is 118 Å². The molecule has 0 aromatic heterocycles. The number of hydrogen-bond donors (Lipinski definition) is 2. The predicted octanol–water partition coefficient (Wildman–Crippen LogP) is 1.23. The maximum atomic E-state index is 10.9. The first kappa shape index (κ1) is 14.8. The third kappa shape index (κ3) is 3.69. The van der Waals surface area contributed by atoms with Crippen LogP contribution in [0.1, 0.15) is 5.56 Å². The summed E-state index contributed by atoms with van der Waals surface area (Å²) in [6.45, 7) is 0.839. The molecule has 0 radical (unpaired) electrons. The van der Waals surface area contributed by atoms with Crippen LogP contribution in [0.15, 0.2) is 36.4 Å². The van der Waals surface area contributed by atoms with Gasteiger partial charge in [-0.15, -0.1) is 0 Å². The van der Waals surface area contributed by atoms with Crippen LogP contribution in [0, 0.1) is 0 Å². The predicted molar refractivity (Wildman–Crippen MR) is 80.2 cm³/mol. The van der Waals surface area contributed by atoms with Gasteiger partial charge in [-0.2, -0.15) is 0 Å². The first-order valence-electron chi connectivity index (χ1n) is 6.27. The second-order valence-corrected chi connectivity index (χ2v) is 6.25. The smallest absolute Gasteiger partial charge is 0.210 e. The molecular weight excluding hydrogens is 276 g/mol. The fourth-order valence-corrected chi connectivity index (χ4v) is 2.55. The zero-order chi connectivity index (χ0) is 14.6. The van der Waals surface area contributed by atoms with E-state index in [4.69, 9.17) is 9.88 Å². The maximum absolute atomic E-state index is 10.9. The molecule has 0 bridgehead atoms. The van der Waals surface area contributed by atoms with Crippen molar-refractivity contribution >= 4 is 20.8 Å². The van der Waals surface area contributed by atoms with Gasteiger partial charge in [-0.1, -0.05) is 30.3 Å². The highest BCUT2D eigenvalue weighted by Gasteiger charge is 2.08. The summed E-state index contributed by atoms with van der Waals surface area (Å²) in [5.41, 5.74) is 1.01. The lowest BCUT2D eigenvalue weighted by Gasteiger charge is -2.12. The number of hydrogen-bond acceptors (Lipinski definition) is 4. The molecule has 2 rings (SSSR count). The van der Waals surface area contributed by atoms with E-state index in [1.807, 2.05) is 36.4 Å². The van der Waals surface area contributed by atoms with Crippen LogP contribution in [0.25, 0.3) is 10.8 Å². The Bertz CT molecular complexity index is 699. The summed E-state index contributed by atoms with van der Waals surface area (Å²) >= 11 is 0. The normalized spacial score (nSPS) is 11.7. The summed E-state index contributed by atoms with van der Waals surface area (Å²) in [4.78, 5) is 0. The second-order valence-electron chi connectivity index (χ2n) is 4.51. The van der Waals surface area contributed by atoms with Crippen molar-refractivity contribution in [3.05, 3.63) is 42.0 Å². The summed E-state index contributed by atoms with van der Waals surface area (Å²) in [6.07, 6.45) is 0. The van der Waals surface area contributed by atoms with Crippen molar-refractivity contribution in [1.29, 1.82) is 0 Å². The van der Waals surface area contributed by atoms with E-state index in [9.17, 15) is 8.42 Å². The van der Waals surface area contributed by atoms with E-state index in [0.29, 0.717) is 13.1 Å². The number of sulfonamides is 1. The highest BCUT2D eigenvalue weighted by Crippen LogP contribution is 2.27. The lowest BCUT2D eigenvalue weighted by atomic mass is 10.0. The van der Waals surface area contributed by atoms with Crippen LogP contribution in [0.3, 0.4) is 0 Å². The number of fused-ring (bicyclic) bond motifs is 1. The standard InChI is InChI=1S/C14H18N2O3S/c1-19-14-7-6-11-4-2-3-5-12(11)13(14)10-16-8-9-20(15,17)18/h2-7,16H,8-10H2,1H3,(H2,15,17,18). The molecule has 3 N–H and O–H groups in total. The van der Waals surface area contributed by atoms with Crippen molar-refractivity contribution in [3.8, 4) is 5.75 Å². The molecular formula is C14H18N2O3S. The molecule has 0 aliphatic heterocycles. The topological polar surface area (TPSA) is 81.4 Å². The van der Waals surface area contributed by atoms with Crippen molar-refractivity contribution in [3.63, 3.8) is 0 Å². The molecule has 20 heavy (non-hydrogen) atoms. The zero-order valence-electron chi connectivity index (χ0n) is 11.3. The van der Waals surface area contributed by atoms with Crippen molar-refractivity contribution < 1.29 is 13.2 Å². The molecule has 0 fully saturated rings. The molecule has 0 saturated heterocycles. The van der Waals surface area contributed by atoms with E-state index < -0.39 is 10.0 Å². The fourth-order valence-electron chi connectivity index (χ4n) is 2.12. The number of ether oxygens (including phenoxy) is 1. The monoisotopic (exact) mass is 294 g/mol. The second kappa shape index (κ2) is 6.21. The van der Waals surface area contributed by atoms with Crippen LogP contribution in [-0.4, -0.2) is 27.8 Å².